The lowest BCUT2D eigenvalue weighted by atomic mass is 9.84. The number of aromatic nitrogens is 1. The summed E-state index contributed by atoms with van der Waals surface area (Å²) in [6.45, 7) is 0. The minimum absolute atomic E-state index is 0.0992. The molecule has 0 atom stereocenters. The van der Waals surface area contributed by atoms with Crippen molar-refractivity contribution in [2.45, 2.75) is 8.96 Å². The molecule has 0 amide bonds. The molecular formula is C28H24N2O3S2. The van der Waals surface area contributed by atoms with Crippen LogP contribution in [0, 0.1) is 0 Å². The molecule has 5 nitrogen and oxygen atoms in total. The van der Waals surface area contributed by atoms with E-state index in [0.717, 1.165) is 22.6 Å². The number of carboxylic acid groups (broad SMARTS) is 1. The summed E-state index contributed by atoms with van der Waals surface area (Å²) in [7, 11) is 1.82. The fourth-order valence-electron chi connectivity index (χ4n) is 3.71. The number of rotatable bonds is 7. The van der Waals surface area contributed by atoms with E-state index in [1.54, 1.807) is 11.8 Å². The molecule has 2 aromatic heterocycles. The Morgan fingerprint density at radius 1 is 0.857 bits per heavy atom. The van der Waals surface area contributed by atoms with Crippen LogP contribution in [0.2, 0.25) is 0 Å². The van der Waals surface area contributed by atoms with E-state index in [0.29, 0.717) is 4.21 Å². The van der Waals surface area contributed by atoms with Crippen molar-refractivity contribution in [1.29, 1.82) is 0 Å². The Morgan fingerprint density at radius 3 is 1.74 bits per heavy atom. The second-order valence-corrected chi connectivity index (χ2v) is 9.74. The van der Waals surface area contributed by atoms with Crippen LogP contribution in [0.4, 0.5) is 5.88 Å². The van der Waals surface area contributed by atoms with Gasteiger partial charge in [-0.3, -0.25) is 0 Å². The van der Waals surface area contributed by atoms with Gasteiger partial charge in [-0.05, 0) is 22.8 Å². The van der Waals surface area contributed by atoms with Crippen LogP contribution in [-0.4, -0.2) is 23.1 Å². The normalized spacial score (nSPS) is 10.8. The highest BCUT2D eigenvalue weighted by atomic mass is 32.2. The Kier molecular flexibility index (Phi) is 8.03. The molecule has 0 spiro atoms. The average molecular weight is 501 g/mol. The van der Waals surface area contributed by atoms with Gasteiger partial charge in [-0.2, -0.15) is 0 Å². The molecule has 3 aromatic carbocycles. The van der Waals surface area contributed by atoms with Gasteiger partial charge in [0.15, 0.2) is 11.6 Å². The molecule has 35 heavy (non-hydrogen) atoms. The molecule has 5 aromatic rings. The number of nitrogens with zero attached hydrogens (tertiary/aromatic N) is 1. The Bertz CT molecular complexity index is 1230. The largest absolute Gasteiger partial charge is 0.476 e. The van der Waals surface area contributed by atoms with Gasteiger partial charge in [0.25, 0.3) is 0 Å². The molecule has 0 radical (unpaired) electrons. The minimum Gasteiger partial charge on any atom is -0.476 e. The first-order valence-electron chi connectivity index (χ1n) is 10.9. The summed E-state index contributed by atoms with van der Waals surface area (Å²) in [5.41, 5.74) is 4.95. The Labute approximate surface area is 212 Å². The summed E-state index contributed by atoms with van der Waals surface area (Å²) in [5, 5.41) is 12.4. The van der Waals surface area contributed by atoms with Crippen LogP contribution < -0.4 is 5.32 Å². The molecule has 5 rings (SSSR count). The predicted molar refractivity (Wildman–Crippen MR) is 142 cm³/mol. The third-order valence-electron chi connectivity index (χ3n) is 5.29. The number of carboxylic acids is 1. The lowest BCUT2D eigenvalue weighted by Gasteiger charge is -2.35. The van der Waals surface area contributed by atoms with Crippen molar-refractivity contribution in [1.82, 2.24) is 4.98 Å². The van der Waals surface area contributed by atoms with Gasteiger partial charge in [0.05, 0.1) is 20.7 Å². The maximum absolute atomic E-state index is 11.7. The van der Waals surface area contributed by atoms with Gasteiger partial charge < -0.3 is 14.8 Å². The monoisotopic (exact) mass is 500 g/mol. The average Bonchev–Trinajstić information content (AvgIpc) is 3.61. The smallest absolute Gasteiger partial charge is 0.356 e. The third-order valence-corrected chi connectivity index (χ3v) is 7.84. The van der Waals surface area contributed by atoms with E-state index in [4.69, 9.17) is 4.42 Å². The van der Waals surface area contributed by atoms with Crippen molar-refractivity contribution in [2.24, 2.45) is 0 Å². The third kappa shape index (κ3) is 5.48. The van der Waals surface area contributed by atoms with Crippen molar-refractivity contribution in [3.05, 3.63) is 137 Å². The first-order chi connectivity index (χ1) is 17.1. The highest BCUT2D eigenvalue weighted by Gasteiger charge is 2.39. The molecular weight excluding hydrogens is 476 g/mol. The summed E-state index contributed by atoms with van der Waals surface area (Å²) in [6.07, 6.45) is 1.63. The van der Waals surface area contributed by atoms with Gasteiger partial charge in [0.1, 0.15) is 0 Å². The van der Waals surface area contributed by atoms with Gasteiger partial charge in [-0.15, -0.1) is 11.3 Å². The van der Waals surface area contributed by atoms with E-state index in [-0.39, 0.29) is 5.69 Å². The quantitative estimate of drug-likeness (QED) is 0.181. The molecule has 176 valence electrons. The van der Waals surface area contributed by atoms with E-state index in [1.807, 2.05) is 73.8 Å². The Hall–Kier alpha value is -3.81. The summed E-state index contributed by atoms with van der Waals surface area (Å²) in [6, 6.07) is 34.3. The number of hydrogen-bond donors (Lipinski definition) is 2. The molecule has 0 saturated heterocycles. The maximum atomic E-state index is 11.7. The number of anilines is 1. The lowest BCUT2D eigenvalue weighted by Crippen LogP contribution is -2.25. The standard InChI is InChI=1S/C23H17NO2S2.C5H7NO/c25-21(26)20-22(27-16-24-20)28-23(17-10-4-1-5-11-17,18-12-6-2-7-13-18)19-14-8-3-9-15-19;1-6-5-3-2-4-7-5/h1-16H,(H,25,26);2-4,6H,1H3. The van der Waals surface area contributed by atoms with E-state index in [2.05, 4.69) is 46.7 Å². The van der Waals surface area contributed by atoms with Crippen molar-refractivity contribution in [2.75, 3.05) is 12.4 Å². The summed E-state index contributed by atoms with van der Waals surface area (Å²) < 4.78 is 4.96. The van der Waals surface area contributed by atoms with Crippen molar-refractivity contribution in [3.63, 3.8) is 0 Å². The molecule has 0 bridgehead atoms. The molecule has 0 saturated carbocycles. The topological polar surface area (TPSA) is 75.4 Å². The fraction of sp³-hybridized carbons (Fsp3) is 0.0714. The van der Waals surface area contributed by atoms with Gasteiger partial charge in [0.2, 0.25) is 0 Å². The first-order valence-corrected chi connectivity index (χ1v) is 12.6. The number of aromatic carboxylic acids is 1. The molecule has 0 aliphatic heterocycles. The Balaban J connectivity index is 0.000000356. The van der Waals surface area contributed by atoms with Crippen molar-refractivity contribution >= 4 is 35.0 Å². The van der Waals surface area contributed by atoms with E-state index in [9.17, 15) is 9.90 Å². The highest BCUT2D eigenvalue weighted by Crippen LogP contribution is 2.53. The summed E-state index contributed by atoms with van der Waals surface area (Å²) >= 11 is 2.89. The number of furan rings is 1. The second-order valence-electron chi connectivity index (χ2n) is 7.40. The number of carbonyl (C=O) groups is 1. The number of thiazole rings is 1. The summed E-state index contributed by atoms with van der Waals surface area (Å²) in [5.74, 6) is -0.202. The van der Waals surface area contributed by atoms with Gasteiger partial charge in [-0.1, -0.05) is 103 Å². The first kappa shape index (κ1) is 24.3. The molecule has 2 heterocycles. The molecule has 0 unspecified atom stereocenters. The molecule has 0 aliphatic rings. The zero-order chi connectivity index (χ0) is 24.5. The molecule has 0 aliphatic carbocycles. The van der Waals surface area contributed by atoms with Crippen molar-refractivity contribution < 1.29 is 14.3 Å². The van der Waals surface area contributed by atoms with Gasteiger partial charge in [0, 0.05) is 13.1 Å². The van der Waals surface area contributed by atoms with Crippen LogP contribution in [-0.2, 0) is 4.75 Å². The van der Waals surface area contributed by atoms with Crippen LogP contribution in [0.15, 0.2) is 124 Å². The number of nitrogens with one attached hydrogen (secondary N) is 1. The fourth-order valence-corrected chi connectivity index (χ4v) is 6.18. The zero-order valence-electron chi connectivity index (χ0n) is 19.0. The van der Waals surface area contributed by atoms with Gasteiger partial charge >= 0.3 is 5.97 Å². The number of thioether (sulfide) groups is 1. The van der Waals surface area contributed by atoms with Crippen LogP contribution in [0.25, 0.3) is 0 Å². The predicted octanol–water partition coefficient (Wildman–Crippen LogP) is 7.25. The number of hydrogen-bond acceptors (Lipinski definition) is 6. The van der Waals surface area contributed by atoms with Crippen molar-refractivity contribution in [3.8, 4) is 0 Å². The molecule has 0 fully saturated rings. The Morgan fingerprint density at radius 2 is 1.37 bits per heavy atom. The highest BCUT2D eigenvalue weighted by molar-refractivity contribution is 8.02. The molecule has 2 N–H and O–H groups in total. The SMILES string of the molecule is CNc1ccco1.O=C(O)c1ncsc1SC(c1ccccc1)(c1ccccc1)c1ccccc1. The minimum atomic E-state index is -1.01. The lowest BCUT2D eigenvalue weighted by molar-refractivity contribution is 0.0687. The molecule has 7 heteroatoms. The number of benzene rings is 3. The van der Waals surface area contributed by atoms with Crippen LogP contribution in [0.3, 0.4) is 0 Å². The summed E-state index contributed by atoms with van der Waals surface area (Å²) in [4.78, 5) is 15.8. The maximum Gasteiger partial charge on any atom is 0.356 e. The van der Waals surface area contributed by atoms with Gasteiger partial charge in [-0.25, -0.2) is 9.78 Å². The van der Waals surface area contributed by atoms with Crippen LogP contribution in [0.5, 0.6) is 0 Å². The second kappa shape index (κ2) is 11.6. The zero-order valence-corrected chi connectivity index (χ0v) is 20.6. The van der Waals surface area contributed by atoms with E-state index >= 15 is 0 Å². The van der Waals surface area contributed by atoms with Crippen LogP contribution >= 0.6 is 23.1 Å². The van der Waals surface area contributed by atoms with Crippen LogP contribution in [0.1, 0.15) is 27.2 Å². The van der Waals surface area contributed by atoms with E-state index in [1.165, 1.54) is 23.1 Å². The van der Waals surface area contributed by atoms with E-state index < -0.39 is 10.7 Å².